The lowest BCUT2D eigenvalue weighted by molar-refractivity contribution is -0.115. The first-order valence-electron chi connectivity index (χ1n) is 5.34. The molecule has 0 saturated heterocycles. The zero-order valence-corrected chi connectivity index (χ0v) is 11.4. The van der Waals surface area contributed by atoms with Gasteiger partial charge in [-0.15, -0.1) is 0 Å². The van der Waals surface area contributed by atoms with E-state index in [1.807, 2.05) is 0 Å². The molecule has 0 bridgehead atoms. The predicted molar refractivity (Wildman–Crippen MR) is 63.0 cm³/mol. The summed E-state index contributed by atoms with van der Waals surface area (Å²) in [7, 11) is -3.01. The standard InChI is InChI=1S/C5H14NO5P.C4H10/c1-4(7)6(5(2)8)3-11-12(9)10;1-3-4-2/h4-5,7-8,12H,3H2,1-2H3,(H,9,10);3-4H2,1-2H3. The molecule has 3 unspecified atom stereocenters. The highest BCUT2D eigenvalue weighted by Gasteiger charge is 2.16. The van der Waals surface area contributed by atoms with Crippen LogP contribution in [0.5, 0.6) is 0 Å². The Kier molecular flexibility index (Phi) is 13.2. The summed E-state index contributed by atoms with van der Waals surface area (Å²) in [6.45, 7) is 6.93. The fourth-order valence-electron chi connectivity index (χ4n) is 0.658. The predicted octanol–water partition coefficient (Wildman–Crippen LogP) is 1.13. The van der Waals surface area contributed by atoms with Crippen LogP contribution in [0.4, 0.5) is 0 Å². The van der Waals surface area contributed by atoms with E-state index < -0.39 is 20.7 Å². The average Bonchev–Trinajstić information content (AvgIpc) is 2.17. The minimum Gasteiger partial charge on any atom is -0.379 e. The molecule has 0 fully saturated rings. The fraction of sp³-hybridized carbons (Fsp3) is 1.00. The maximum atomic E-state index is 10.1. The van der Waals surface area contributed by atoms with Crippen LogP contribution < -0.4 is 0 Å². The Morgan fingerprint density at radius 1 is 1.19 bits per heavy atom. The molecule has 7 heteroatoms. The van der Waals surface area contributed by atoms with E-state index in [0.717, 1.165) is 4.90 Å². The zero-order valence-electron chi connectivity index (χ0n) is 10.4. The maximum absolute atomic E-state index is 10.1. The molecule has 0 aromatic rings. The molecule has 100 valence electrons. The number of hydrogen-bond acceptors (Lipinski definition) is 5. The molecule has 0 aliphatic carbocycles. The number of aliphatic hydroxyl groups is 2. The highest BCUT2D eigenvalue weighted by Crippen LogP contribution is 2.16. The highest BCUT2D eigenvalue weighted by molar-refractivity contribution is 7.32. The van der Waals surface area contributed by atoms with Crippen LogP contribution in [-0.2, 0) is 9.09 Å². The first kappa shape index (κ1) is 18.4. The van der Waals surface area contributed by atoms with Gasteiger partial charge < -0.3 is 15.1 Å². The Morgan fingerprint density at radius 3 is 1.75 bits per heavy atom. The minimum absolute atomic E-state index is 0.274. The van der Waals surface area contributed by atoms with Crippen LogP contribution in [0, 0.1) is 0 Å². The van der Waals surface area contributed by atoms with E-state index in [2.05, 4.69) is 18.4 Å². The van der Waals surface area contributed by atoms with Gasteiger partial charge >= 0.3 is 8.25 Å². The van der Waals surface area contributed by atoms with Crippen molar-refractivity contribution in [1.82, 2.24) is 4.90 Å². The van der Waals surface area contributed by atoms with Crippen LogP contribution in [0.15, 0.2) is 0 Å². The molecule has 0 radical (unpaired) electrons. The number of rotatable bonds is 6. The average molecular weight is 257 g/mol. The zero-order chi connectivity index (χ0) is 13.1. The topological polar surface area (TPSA) is 90.2 Å². The van der Waals surface area contributed by atoms with Gasteiger partial charge in [0, 0.05) is 0 Å². The van der Waals surface area contributed by atoms with Crippen LogP contribution >= 0.6 is 8.25 Å². The van der Waals surface area contributed by atoms with E-state index >= 15 is 0 Å². The molecule has 0 spiro atoms. The third-order valence-electron chi connectivity index (χ3n) is 1.80. The first-order chi connectivity index (χ1) is 7.36. The van der Waals surface area contributed by atoms with Gasteiger partial charge in [-0.1, -0.05) is 26.7 Å². The summed E-state index contributed by atoms with van der Waals surface area (Å²) in [5.41, 5.74) is 0. The van der Waals surface area contributed by atoms with Gasteiger partial charge in [0.25, 0.3) is 0 Å². The summed E-state index contributed by atoms with van der Waals surface area (Å²) in [6, 6.07) is 0. The van der Waals surface area contributed by atoms with E-state index in [1.54, 1.807) is 0 Å². The first-order valence-corrected chi connectivity index (χ1v) is 6.60. The van der Waals surface area contributed by atoms with Gasteiger partial charge in [0.1, 0.15) is 19.2 Å². The van der Waals surface area contributed by atoms with Crippen molar-refractivity contribution in [2.75, 3.05) is 6.73 Å². The number of hydrogen-bond donors (Lipinski definition) is 3. The molecule has 0 aromatic carbocycles. The van der Waals surface area contributed by atoms with Crippen LogP contribution in [0.3, 0.4) is 0 Å². The lowest BCUT2D eigenvalue weighted by atomic mass is 10.4. The van der Waals surface area contributed by atoms with Crippen molar-refractivity contribution in [3.63, 3.8) is 0 Å². The molecule has 0 amide bonds. The lowest BCUT2D eigenvalue weighted by Gasteiger charge is -2.26. The lowest BCUT2D eigenvalue weighted by Crippen LogP contribution is -2.41. The van der Waals surface area contributed by atoms with Crippen molar-refractivity contribution in [2.24, 2.45) is 0 Å². The second kappa shape index (κ2) is 11.5. The van der Waals surface area contributed by atoms with Crippen molar-refractivity contribution in [3.05, 3.63) is 0 Å². The second-order valence-corrected chi connectivity index (χ2v) is 4.14. The normalized spacial score (nSPS) is 16.2. The molecule has 0 aliphatic rings. The largest absolute Gasteiger partial charge is 0.379 e. The van der Waals surface area contributed by atoms with Crippen molar-refractivity contribution >= 4 is 8.25 Å². The summed E-state index contributed by atoms with van der Waals surface area (Å²) in [4.78, 5) is 9.41. The van der Waals surface area contributed by atoms with Crippen molar-refractivity contribution in [2.45, 2.75) is 53.0 Å². The Bertz CT molecular complexity index is 167. The highest BCUT2D eigenvalue weighted by atomic mass is 31.1. The van der Waals surface area contributed by atoms with Gasteiger partial charge in [0.2, 0.25) is 0 Å². The van der Waals surface area contributed by atoms with E-state index in [0.29, 0.717) is 0 Å². The minimum atomic E-state index is -3.01. The number of aliphatic hydroxyl groups excluding tert-OH is 2. The van der Waals surface area contributed by atoms with Crippen molar-refractivity contribution in [1.29, 1.82) is 0 Å². The Labute approximate surface area is 97.8 Å². The molecule has 0 heterocycles. The second-order valence-electron chi connectivity index (χ2n) is 3.32. The van der Waals surface area contributed by atoms with Gasteiger partial charge in [-0.05, 0) is 13.8 Å². The molecular weight excluding hydrogens is 233 g/mol. The Balaban J connectivity index is 0. The summed E-state index contributed by atoms with van der Waals surface area (Å²) in [5.74, 6) is 0. The molecule has 0 saturated carbocycles. The quantitative estimate of drug-likeness (QED) is 0.488. The monoisotopic (exact) mass is 257 g/mol. The van der Waals surface area contributed by atoms with Crippen LogP contribution in [0.25, 0.3) is 0 Å². The van der Waals surface area contributed by atoms with Crippen molar-refractivity contribution in [3.8, 4) is 0 Å². The molecule has 3 atom stereocenters. The van der Waals surface area contributed by atoms with Gasteiger partial charge in [-0.25, -0.2) is 4.90 Å². The molecule has 0 rings (SSSR count). The smallest absolute Gasteiger partial charge is 0.317 e. The van der Waals surface area contributed by atoms with Crippen molar-refractivity contribution < 1.29 is 24.2 Å². The molecule has 3 N–H and O–H groups in total. The van der Waals surface area contributed by atoms with E-state index in [1.165, 1.54) is 26.7 Å². The molecule has 16 heavy (non-hydrogen) atoms. The molecule has 0 aliphatic heterocycles. The van der Waals surface area contributed by atoms with Gasteiger partial charge in [0.05, 0.1) is 0 Å². The van der Waals surface area contributed by atoms with Crippen LogP contribution in [0.1, 0.15) is 40.5 Å². The third kappa shape index (κ3) is 12.1. The van der Waals surface area contributed by atoms with E-state index in [-0.39, 0.29) is 6.73 Å². The third-order valence-corrected chi connectivity index (χ3v) is 2.17. The molecule has 6 nitrogen and oxygen atoms in total. The SMILES string of the molecule is CC(O)N(CO[PH](=O)O)C(C)O.CCCC. The van der Waals surface area contributed by atoms with Crippen LogP contribution in [-0.4, -0.2) is 39.2 Å². The summed E-state index contributed by atoms with van der Waals surface area (Å²) < 4.78 is 14.5. The Morgan fingerprint density at radius 2 is 1.56 bits per heavy atom. The van der Waals surface area contributed by atoms with Gasteiger partial charge in [-0.2, -0.15) is 0 Å². The summed E-state index contributed by atoms with van der Waals surface area (Å²) in [6.07, 6.45) is 0.790. The summed E-state index contributed by atoms with van der Waals surface area (Å²) in [5, 5.41) is 18.0. The molecule has 0 aromatic heterocycles. The van der Waals surface area contributed by atoms with Crippen LogP contribution in [0.2, 0.25) is 0 Å². The number of unbranched alkanes of at least 4 members (excludes halogenated alkanes) is 1. The van der Waals surface area contributed by atoms with E-state index in [9.17, 15) is 4.57 Å². The van der Waals surface area contributed by atoms with Gasteiger partial charge in [-0.3, -0.25) is 9.09 Å². The Hall–Kier alpha value is 0.0300. The van der Waals surface area contributed by atoms with E-state index in [4.69, 9.17) is 15.1 Å². The number of nitrogens with zero attached hydrogens (tertiary/aromatic N) is 1. The maximum Gasteiger partial charge on any atom is 0.317 e. The van der Waals surface area contributed by atoms with Gasteiger partial charge in [0.15, 0.2) is 0 Å². The molecular formula is C9H24NO5P. The fourth-order valence-corrected chi connectivity index (χ4v) is 0.917. The summed E-state index contributed by atoms with van der Waals surface area (Å²) >= 11 is 0.